The third-order valence-corrected chi connectivity index (χ3v) is 6.29. The molecule has 4 rings (SSSR count). The molecule has 3 unspecified atom stereocenters. The largest absolute Gasteiger partial charge is 0.307 e. The fraction of sp³-hybridized carbons (Fsp3) is 0.364. The molecule has 0 radical (unpaired) electrons. The molecule has 0 aliphatic carbocycles. The number of likely N-dealkylation sites (tertiary alicyclic amines) is 1. The van der Waals surface area contributed by atoms with Gasteiger partial charge in [0, 0.05) is 16.1 Å². The van der Waals surface area contributed by atoms with E-state index >= 15 is 0 Å². The van der Waals surface area contributed by atoms with E-state index < -0.39 is 5.54 Å². The van der Waals surface area contributed by atoms with Crippen LogP contribution in [0.1, 0.15) is 25.0 Å². The third-order valence-electron chi connectivity index (χ3n) is 5.76. The Labute approximate surface area is 168 Å². The van der Waals surface area contributed by atoms with E-state index in [1.165, 1.54) is 4.90 Å². The van der Waals surface area contributed by atoms with Crippen molar-refractivity contribution >= 4 is 27.7 Å². The molecule has 140 valence electrons. The van der Waals surface area contributed by atoms with Crippen molar-refractivity contribution in [2.75, 3.05) is 0 Å². The van der Waals surface area contributed by atoms with E-state index in [1.54, 1.807) is 0 Å². The maximum atomic E-state index is 13.2. The van der Waals surface area contributed by atoms with E-state index in [9.17, 15) is 9.59 Å². The minimum Gasteiger partial charge on any atom is -0.307 e. The number of nitrogens with one attached hydrogen (secondary N) is 1. The lowest BCUT2D eigenvalue weighted by Gasteiger charge is -2.27. The molecule has 2 heterocycles. The first-order chi connectivity index (χ1) is 12.9. The molecule has 2 aromatic carbocycles. The van der Waals surface area contributed by atoms with Gasteiger partial charge in [0.15, 0.2) is 0 Å². The highest BCUT2D eigenvalue weighted by atomic mass is 79.9. The molecular weight excluding hydrogens is 404 g/mol. The highest BCUT2D eigenvalue weighted by Crippen LogP contribution is 2.43. The van der Waals surface area contributed by atoms with Gasteiger partial charge in [-0.3, -0.25) is 14.5 Å². The monoisotopic (exact) mass is 426 g/mol. The van der Waals surface area contributed by atoms with Crippen LogP contribution in [0.3, 0.4) is 0 Å². The van der Waals surface area contributed by atoms with Gasteiger partial charge in [0.1, 0.15) is 0 Å². The summed E-state index contributed by atoms with van der Waals surface area (Å²) in [6.45, 7) is 4.42. The molecular formula is C22H23BrN2O2. The van der Waals surface area contributed by atoms with Crippen LogP contribution in [-0.2, 0) is 22.6 Å². The number of imide groups is 1. The molecule has 27 heavy (non-hydrogen) atoms. The number of halogens is 1. The predicted octanol–water partition coefficient (Wildman–Crippen LogP) is 3.54. The summed E-state index contributed by atoms with van der Waals surface area (Å²) in [6, 6.07) is 17.8. The predicted molar refractivity (Wildman–Crippen MR) is 108 cm³/mol. The topological polar surface area (TPSA) is 49.4 Å². The van der Waals surface area contributed by atoms with Crippen molar-refractivity contribution in [2.24, 2.45) is 11.8 Å². The normalized spacial score (nSPS) is 26.5. The fourth-order valence-corrected chi connectivity index (χ4v) is 4.81. The fourth-order valence-electron chi connectivity index (χ4n) is 4.55. The Balaban J connectivity index is 1.60. The number of carbonyl (C=O) groups excluding carboxylic acids is 2. The molecule has 2 amide bonds. The summed E-state index contributed by atoms with van der Waals surface area (Å²) in [5.74, 6) is -0.715. The maximum absolute atomic E-state index is 13.2. The van der Waals surface area contributed by atoms with Gasteiger partial charge in [-0.2, -0.15) is 0 Å². The van der Waals surface area contributed by atoms with Crippen LogP contribution in [0.5, 0.6) is 0 Å². The van der Waals surface area contributed by atoms with E-state index in [0.717, 1.165) is 22.0 Å². The van der Waals surface area contributed by atoms with Gasteiger partial charge >= 0.3 is 0 Å². The van der Waals surface area contributed by atoms with Gasteiger partial charge in [0.05, 0.1) is 18.4 Å². The van der Waals surface area contributed by atoms with Gasteiger partial charge in [0.25, 0.3) is 0 Å². The maximum Gasteiger partial charge on any atom is 0.235 e. The Kier molecular flexibility index (Phi) is 4.68. The van der Waals surface area contributed by atoms with E-state index in [4.69, 9.17) is 0 Å². The van der Waals surface area contributed by atoms with E-state index in [-0.39, 0.29) is 29.7 Å². The molecule has 0 bridgehead atoms. The molecule has 1 N–H and O–H groups in total. The number of fused-ring (bicyclic) bond motifs is 1. The van der Waals surface area contributed by atoms with Crippen LogP contribution < -0.4 is 5.32 Å². The SMILES string of the molecule is CC1(C)NC(Cc2ccc(Br)cc2)C2C(=O)N(Cc3ccccc3)C(=O)C21. The molecule has 4 nitrogen and oxygen atoms in total. The summed E-state index contributed by atoms with van der Waals surface area (Å²) in [7, 11) is 0. The van der Waals surface area contributed by atoms with Crippen molar-refractivity contribution in [2.45, 2.75) is 38.4 Å². The van der Waals surface area contributed by atoms with Crippen molar-refractivity contribution in [3.63, 3.8) is 0 Å². The molecule has 2 aliphatic rings. The zero-order valence-electron chi connectivity index (χ0n) is 15.5. The number of benzene rings is 2. The Bertz CT molecular complexity index is 864. The quantitative estimate of drug-likeness (QED) is 0.760. The molecule has 3 atom stereocenters. The van der Waals surface area contributed by atoms with Crippen LogP contribution in [-0.4, -0.2) is 28.3 Å². The number of carbonyl (C=O) groups is 2. The van der Waals surface area contributed by atoms with E-state index in [1.807, 2.05) is 56.3 Å². The lowest BCUT2D eigenvalue weighted by atomic mass is 9.82. The van der Waals surface area contributed by atoms with Crippen molar-refractivity contribution in [3.8, 4) is 0 Å². The molecule has 0 aromatic heterocycles. The summed E-state index contributed by atoms with van der Waals surface area (Å²) >= 11 is 3.46. The highest BCUT2D eigenvalue weighted by molar-refractivity contribution is 9.10. The van der Waals surface area contributed by atoms with Gasteiger partial charge in [-0.05, 0) is 43.5 Å². The first-order valence-corrected chi connectivity index (χ1v) is 10.1. The number of hydrogen-bond acceptors (Lipinski definition) is 3. The van der Waals surface area contributed by atoms with Crippen LogP contribution in [0.15, 0.2) is 59.1 Å². The molecule has 2 aromatic rings. The van der Waals surface area contributed by atoms with E-state index in [0.29, 0.717) is 6.54 Å². The standard InChI is InChI=1S/C22H23BrN2O2/c1-22(2)19-18(17(24-22)12-14-8-10-16(23)11-9-14)20(26)25(21(19)27)13-15-6-4-3-5-7-15/h3-11,17-19,24H,12-13H2,1-2H3. The second-order valence-corrected chi connectivity index (χ2v) is 8.97. The van der Waals surface area contributed by atoms with Crippen LogP contribution in [0.4, 0.5) is 0 Å². The highest BCUT2D eigenvalue weighted by Gasteiger charge is 2.61. The van der Waals surface area contributed by atoms with Crippen LogP contribution in [0, 0.1) is 11.8 Å². The first-order valence-electron chi connectivity index (χ1n) is 9.28. The van der Waals surface area contributed by atoms with Crippen LogP contribution in [0.25, 0.3) is 0 Å². The minimum absolute atomic E-state index is 0.0385. The molecule has 2 fully saturated rings. The summed E-state index contributed by atoms with van der Waals surface area (Å²) < 4.78 is 1.03. The van der Waals surface area contributed by atoms with Gasteiger partial charge in [-0.25, -0.2) is 0 Å². The lowest BCUT2D eigenvalue weighted by molar-refractivity contribution is -0.141. The number of rotatable bonds is 4. The Morgan fingerprint density at radius 3 is 2.30 bits per heavy atom. The zero-order valence-corrected chi connectivity index (χ0v) is 17.1. The number of amides is 2. The van der Waals surface area contributed by atoms with Crippen LogP contribution in [0.2, 0.25) is 0 Å². The number of nitrogens with zero attached hydrogens (tertiary/aromatic N) is 1. The molecule has 2 aliphatic heterocycles. The average molecular weight is 427 g/mol. The van der Waals surface area contributed by atoms with Crippen molar-refractivity contribution in [3.05, 3.63) is 70.2 Å². The van der Waals surface area contributed by atoms with Crippen LogP contribution >= 0.6 is 15.9 Å². The smallest absolute Gasteiger partial charge is 0.235 e. The molecule has 5 heteroatoms. The Morgan fingerprint density at radius 1 is 0.963 bits per heavy atom. The van der Waals surface area contributed by atoms with E-state index in [2.05, 4.69) is 33.4 Å². The van der Waals surface area contributed by atoms with Gasteiger partial charge in [-0.1, -0.05) is 58.4 Å². The average Bonchev–Trinajstić information content (AvgIpc) is 3.05. The van der Waals surface area contributed by atoms with Gasteiger partial charge in [-0.15, -0.1) is 0 Å². The second-order valence-electron chi connectivity index (χ2n) is 8.05. The molecule has 0 spiro atoms. The molecule has 0 saturated carbocycles. The van der Waals surface area contributed by atoms with Gasteiger partial charge in [0.2, 0.25) is 11.8 Å². The van der Waals surface area contributed by atoms with Crippen molar-refractivity contribution < 1.29 is 9.59 Å². The summed E-state index contributed by atoms with van der Waals surface area (Å²) in [5.41, 5.74) is 1.74. The van der Waals surface area contributed by atoms with Gasteiger partial charge < -0.3 is 5.32 Å². The number of hydrogen-bond donors (Lipinski definition) is 1. The van der Waals surface area contributed by atoms with Crippen molar-refractivity contribution in [1.82, 2.24) is 10.2 Å². The zero-order chi connectivity index (χ0) is 19.2. The summed E-state index contributed by atoms with van der Waals surface area (Å²) in [6.07, 6.45) is 0.732. The Hall–Kier alpha value is -1.98. The lowest BCUT2D eigenvalue weighted by Crippen LogP contribution is -2.47. The van der Waals surface area contributed by atoms with Crippen molar-refractivity contribution in [1.29, 1.82) is 0 Å². The summed E-state index contributed by atoms with van der Waals surface area (Å²) in [5, 5.41) is 3.56. The summed E-state index contributed by atoms with van der Waals surface area (Å²) in [4.78, 5) is 27.8. The third kappa shape index (κ3) is 3.34. The molecule has 2 saturated heterocycles. The minimum atomic E-state index is -0.400. The Morgan fingerprint density at radius 2 is 1.63 bits per heavy atom. The second kappa shape index (κ2) is 6.88. The first kappa shape index (κ1) is 18.4.